The smallest absolute Gasteiger partial charge is 0.326 e. The summed E-state index contributed by atoms with van der Waals surface area (Å²) in [7, 11) is 3.86. The minimum absolute atomic E-state index is 0.106. The first-order chi connectivity index (χ1) is 12.6. The van der Waals surface area contributed by atoms with E-state index in [-0.39, 0.29) is 11.3 Å². The average molecular weight is 375 g/mol. The van der Waals surface area contributed by atoms with Crippen LogP contribution in [0.15, 0.2) is 0 Å². The van der Waals surface area contributed by atoms with Gasteiger partial charge in [0.1, 0.15) is 11.9 Å². The molecule has 1 atom stereocenters. The summed E-state index contributed by atoms with van der Waals surface area (Å²) in [6, 6.07) is -0.697. The van der Waals surface area contributed by atoms with Gasteiger partial charge in [-0.3, -0.25) is 4.79 Å². The number of amides is 1. The second-order valence-corrected chi connectivity index (χ2v) is 8.14. The van der Waals surface area contributed by atoms with Gasteiger partial charge in [-0.25, -0.2) is 9.78 Å². The van der Waals surface area contributed by atoms with Crippen molar-refractivity contribution in [3.8, 4) is 0 Å². The van der Waals surface area contributed by atoms with Gasteiger partial charge < -0.3 is 19.8 Å². The predicted molar refractivity (Wildman–Crippen MR) is 103 cm³/mol. The molecule has 1 aromatic heterocycles. The highest BCUT2D eigenvalue weighted by Gasteiger charge is 2.49. The van der Waals surface area contributed by atoms with Crippen LogP contribution >= 0.6 is 0 Å². The predicted octanol–water partition coefficient (Wildman–Crippen LogP) is 1.45. The number of carboxylic acids is 1. The molecule has 8 nitrogen and oxygen atoms in total. The second-order valence-electron chi connectivity index (χ2n) is 8.14. The number of likely N-dealkylation sites (tertiary alicyclic amines) is 1. The number of piperidine rings is 1. The number of rotatable bonds is 3. The first-order valence-corrected chi connectivity index (χ1v) is 9.41. The fourth-order valence-electron chi connectivity index (χ4n) is 4.27. The van der Waals surface area contributed by atoms with Crippen molar-refractivity contribution in [3.05, 3.63) is 11.3 Å². The molecule has 27 heavy (non-hydrogen) atoms. The summed E-state index contributed by atoms with van der Waals surface area (Å²) in [5.41, 5.74) is 1.95. The molecule has 2 saturated heterocycles. The van der Waals surface area contributed by atoms with Crippen LogP contribution in [0.3, 0.4) is 0 Å². The Balaban J connectivity index is 1.78. The summed E-state index contributed by atoms with van der Waals surface area (Å²) in [4.78, 5) is 38.5. The van der Waals surface area contributed by atoms with E-state index in [4.69, 9.17) is 4.98 Å². The molecular weight excluding hydrogens is 346 g/mol. The SMILES string of the molecule is CC(=O)N1CC2(CCN(c3nc(N(C)C)nc(C)c3C)CC2)C[C@H]1C(=O)O. The number of hydrogen-bond acceptors (Lipinski definition) is 6. The molecule has 1 spiro atoms. The molecule has 3 rings (SSSR count). The van der Waals surface area contributed by atoms with E-state index in [9.17, 15) is 14.7 Å². The van der Waals surface area contributed by atoms with Gasteiger partial charge in [0.15, 0.2) is 0 Å². The van der Waals surface area contributed by atoms with E-state index in [0.717, 1.165) is 43.0 Å². The Kier molecular flexibility index (Phi) is 5.01. The summed E-state index contributed by atoms with van der Waals surface area (Å²) < 4.78 is 0. The van der Waals surface area contributed by atoms with Crippen LogP contribution in [0.4, 0.5) is 11.8 Å². The quantitative estimate of drug-likeness (QED) is 0.855. The number of anilines is 2. The maximum absolute atomic E-state index is 11.9. The van der Waals surface area contributed by atoms with Crippen molar-refractivity contribution in [3.63, 3.8) is 0 Å². The molecule has 8 heteroatoms. The maximum atomic E-state index is 11.9. The Morgan fingerprint density at radius 1 is 1.19 bits per heavy atom. The van der Waals surface area contributed by atoms with Crippen molar-refractivity contribution in [1.82, 2.24) is 14.9 Å². The summed E-state index contributed by atoms with van der Waals surface area (Å²) >= 11 is 0. The van der Waals surface area contributed by atoms with E-state index < -0.39 is 12.0 Å². The molecule has 0 unspecified atom stereocenters. The van der Waals surface area contributed by atoms with E-state index in [0.29, 0.717) is 18.9 Å². The van der Waals surface area contributed by atoms with Gasteiger partial charge in [-0.05, 0) is 38.5 Å². The molecule has 1 amide bonds. The second kappa shape index (κ2) is 6.98. The van der Waals surface area contributed by atoms with Crippen LogP contribution < -0.4 is 9.80 Å². The zero-order chi connectivity index (χ0) is 19.9. The molecule has 148 valence electrons. The molecule has 3 heterocycles. The van der Waals surface area contributed by atoms with E-state index in [1.165, 1.54) is 11.8 Å². The number of aromatic nitrogens is 2. The lowest BCUT2D eigenvalue weighted by Gasteiger charge is -2.40. The molecule has 0 aliphatic carbocycles. The highest BCUT2D eigenvalue weighted by atomic mass is 16.4. The van der Waals surface area contributed by atoms with Crippen molar-refractivity contribution in [2.45, 2.75) is 46.1 Å². The van der Waals surface area contributed by atoms with Gasteiger partial charge in [-0.15, -0.1) is 0 Å². The average Bonchev–Trinajstić information content (AvgIpc) is 2.98. The number of carbonyl (C=O) groups is 2. The maximum Gasteiger partial charge on any atom is 0.326 e. The zero-order valence-electron chi connectivity index (χ0n) is 16.8. The minimum Gasteiger partial charge on any atom is -0.480 e. The summed E-state index contributed by atoms with van der Waals surface area (Å²) in [5, 5.41) is 9.50. The van der Waals surface area contributed by atoms with Crippen LogP contribution in [0.1, 0.15) is 37.4 Å². The monoisotopic (exact) mass is 375 g/mol. The summed E-state index contributed by atoms with van der Waals surface area (Å²) in [6.07, 6.45) is 2.27. The van der Waals surface area contributed by atoms with Crippen molar-refractivity contribution in [1.29, 1.82) is 0 Å². The number of nitrogens with zero attached hydrogens (tertiary/aromatic N) is 5. The number of carbonyl (C=O) groups excluding carboxylic acids is 1. The number of hydrogen-bond donors (Lipinski definition) is 1. The topological polar surface area (TPSA) is 89.9 Å². The molecule has 1 N–H and O–H groups in total. The third-order valence-corrected chi connectivity index (χ3v) is 6.07. The van der Waals surface area contributed by atoms with Gasteiger partial charge >= 0.3 is 5.97 Å². The van der Waals surface area contributed by atoms with Crippen LogP contribution in [-0.4, -0.2) is 71.6 Å². The Labute approximate surface area is 160 Å². The van der Waals surface area contributed by atoms with Crippen molar-refractivity contribution >= 4 is 23.6 Å². The Morgan fingerprint density at radius 2 is 1.81 bits per heavy atom. The molecule has 0 aromatic carbocycles. The normalized spacial score (nSPS) is 21.6. The number of aliphatic carboxylic acids is 1. The van der Waals surface area contributed by atoms with Crippen molar-refractivity contribution < 1.29 is 14.7 Å². The van der Waals surface area contributed by atoms with Gasteiger partial charge in [0.2, 0.25) is 11.9 Å². The van der Waals surface area contributed by atoms with Gasteiger partial charge in [0.05, 0.1) is 0 Å². The fraction of sp³-hybridized carbons (Fsp3) is 0.684. The molecule has 0 saturated carbocycles. The molecule has 2 fully saturated rings. The number of aryl methyl sites for hydroxylation is 1. The minimum atomic E-state index is -0.901. The summed E-state index contributed by atoms with van der Waals surface area (Å²) in [6.45, 7) is 7.66. The molecule has 2 aliphatic rings. The van der Waals surface area contributed by atoms with Crippen LogP contribution in [0, 0.1) is 19.3 Å². The Bertz CT molecular complexity index is 732. The van der Waals surface area contributed by atoms with E-state index in [2.05, 4.69) is 9.88 Å². The lowest BCUT2D eigenvalue weighted by atomic mass is 9.76. The van der Waals surface area contributed by atoms with Crippen LogP contribution in [0.25, 0.3) is 0 Å². The van der Waals surface area contributed by atoms with E-state index in [1.54, 1.807) is 0 Å². The lowest BCUT2D eigenvalue weighted by molar-refractivity contribution is -0.147. The van der Waals surface area contributed by atoms with Gasteiger partial charge in [0.25, 0.3) is 0 Å². The van der Waals surface area contributed by atoms with Crippen LogP contribution in [0.5, 0.6) is 0 Å². The van der Waals surface area contributed by atoms with E-state index in [1.807, 2.05) is 32.8 Å². The standard InChI is InChI=1S/C19H29N5O3/c1-12-13(2)20-18(22(4)5)21-16(12)23-8-6-19(7-9-23)10-15(17(26)27)24(11-19)14(3)25/h15H,6-11H2,1-5H3,(H,26,27)/t15-/m0/s1. The largest absolute Gasteiger partial charge is 0.480 e. The molecule has 2 aliphatic heterocycles. The first-order valence-electron chi connectivity index (χ1n) is 9.41. The van der Waals surface area contributed by atoms with Crippen LogP contribution in [-0.2, 0) is 9.59 Å². The Morgan fingerprint density at radius 3 is 2.30 bits per heavy atom. The van der Waals surface area contributed by atoms with Crippen LogP contribution in [0.2, 0.25) is 0 Å². The molecule has 0 bridgehead atoms. The van der Waals surface area contributed by atoms with E-state index >= 15 is 0 Å². The van der Waals surface area contributed by atoms with Gasteiger partial charge in [0, 0.05) is 51.9 Å². The molecular formula is C19H29N5O3. The number of carboxylic acid groups (broad SMARTS) is 1. The lowest BCUT2D eigenvalue weighted by Crippen LogP contribution is -2.43. The third-order valence-electron chi connectivity index (χ3n) is 6.07. The Hall–Kier alpha value is -2.38. The molecule has 0 radical (unpaired) electrons. The highest BCUT2D eigenvalue weighted by molar-refractivity contribution is 5.83. The zero-order valence-corrected chi connectivity index (χ0v) is 16.8. The van der Waals surface area contributed by atoms with Gasteiger partial charge in [-0.1, -0.05) is 0 Å². The first kappa shape index (κ1) is 19.4. The highest BCUT2D eigenvalue weighted by Crippen LogP contribution is 2.44. The third kappa shape index (κ3) is 3.57. The van der Waals surface area contributed by atoms with Crippen molar-refractivity contribution in [2.75, 3.05) is 43.5 Å². The summed E-state index contributed by atoms with van der Waals surface area (Å²) in [5.74, 6) is 0.599. The van der Waals surface area contributed by atoms with Gasteiger partial charge in [-0.2, -0.15) is 4.98 Å². The van der Waals surface area contributed by atoms with Crippen molar-refractivity contribution in [2.24, 2.45) is 5.41 Å². The fourth-order valence-corrected chi connectivity index (χ4v) is 4.27. The molecule has 1 aromatic rings.